The van der Waals surface area contributed by atoms with Crippen LogP contribution >= 0.6 is 7.82 Å². The van der Waals surface area contributed by atoms with Gasteiger partial charge in [0.05, 0.1) is 39.9 Å². The topological polar surface area (TPSA) is 108 Å². The molecule has 0 aliphatic heterocycles. The van der Waals surface area contributed by atoms with Gasteiger partial charge in [-0.2, -0.15) is 0 Å². The lowest BCUT2D eigenvalue weighted by Crippen LogP contribution is -2.45. The number of nitrogens with one attached hydrogen (secondary N) is 1. The number of likely N-dealkylation sites (N-methyl/N-ethyl adjacent to an activating group) is 1. The molecule has 0 aromatic carbocycles. The lowest BCUT2D eigenvalue weighted by molar-refractivity contribution is -0.870. The zero-order valence-corrected chi connectivity index (χ0v) is 46.5. The zero-order valence-electron chi connectivity index (χ0n) is 45.6. The summed E-state index contributed by atoms with van der Waals surface area (Å²) in [7, 11) is 1.21. The van der Waals surface area contributed by atoms with E-state index < -0.39 is 26.6 Å². The van der Waals surface area contributed by atoms with E-state index in [0.29, 0.717) is 17.4 Å². The van der Waals surface area contributed by atoms with Crippen molar-refractivity contribution in [1.29, 1.82) is 0 Å². The molecule has 0 saturated heterocycles. The molecule has 71 heavy (non-hydrogen) atoms. The standard InChI is InChI=1S/C62H103N2O6P/c1-6-8-10-12-14-16-18-20-21-22-23-24-25-26-27-28-29-30-31-32-33-34-35-36-37-38-39-40-41-42-43-44-46-48-50-52-54-56-62(66)63-60(59-70-71(67,68)69-58-57-64(3,4)5)61(65)55-53-51-49-47-45-19-17-15-13-11-9-7-2/h8,10,14,16,20-21,23-24,26-27,29-30,32-33,35-36,38-39,41-42,45,47,53,55,60-61,65H,6-7,9,11-13,15,17-19,22,25,28,31,34,37,40,43-44,46,48-52,54,56-59H2,1-5H3,(H-,63,66,67,68)/b10-8-,16-14-,21-20-,24-23-,27-26-,30-29-,33-32-,36-35-,39-38-,42-41-,47-45+,55-53+. The Bertz CT molecular complexity index is 1660. The first-order valence-electron chi connectivity index (χ1n) is 27.7. The second-order valence-electron chi connectivity index (χ2n) is 19.2. The van der Waals surface area contributed by atoms with Crippen LogP contribution in [0.5, 0.6) is 0 Å². The minimum Gasteiger partial charge on any atom is -0.756 e. The molecule has 0 heterocycles. The first kappa shape index (κ1) is 67.4. The van der Waals surface area contributed by atoms with Gasteiger partial charge < -0.3 is 28.8 Å². The van der Waals surface area contributed by atoms with E-state index in [1.54, 1.807) is 6.08 Å². The molecule has 0 aromatic rings. The fourth-order valence-corrected chi connectivity index (χ4v) is 7.68. The number of aliphatic hydroxyl groups excluding tert-OH is 1. The molecule has 0 radical (unpaired) electrons. The van der Waals surface area contributed by atoms with Gasteiger partial charge >= 0.3 is 0 Å². The van der Waals surface area contributed by atoms with Gasteiger partial charge in [-0.1, -0.05) is 217 Å². The molecule has 9 heteroatoms. The lowest BCUT2D eigenvalue weighted by atomic mass is 10.1. The molecular weight excluding hydrogens is 900 g/mol. The minimum absolute atomic E-state index is 0.0176. The quantitative estimate of drug-likeness (QED) is 0.0272. The molecule has 0 saturated carbocycles. The molecule has 0 aliphatic carbocycles. The van der Waals surface area contributed by atoms with Gasteiger partial charge in [-0.3, -0.25) is 9.36 Å². The highest BCUT2D eigenvalue weighted by atomic mass is 31.2. The molecule has 0 bridgehead atoms. The van der Waals surface area contributed by atoms with Crippen molar-refractivity contribution >= 4 is 13.7 Å². The normalized spacial score (nSPS) is 15.1. The number of carbonyl (C=O) groups is 1. The number of amides is 1. The third kappa shape index (κ3) is 54.0. The second kappa shape index (κ2) is 51.3. The number of hydrogen-bond acceptors (Lipinski definition) is 6. The maximum Gasteiger partial charge on any atom is 0.268 e. The van der Waals surface area contributed by atoms with E-state index in [0.717, 1.165) is 128 Å². The van der Waals surface area contributed by atoms with Gasteiger partial charge in [0, 0.05) is 6.42 Å². The van der Waals surface area contributed by atoms with E-state index >= 15 is 0 Å². The van der Waals surface area contributed by atoms with Gasteiger partial charge in [0.15, 0.2) is 0 Å². The van der Waals surface area contributed by atoms with Crippen molar-refractivity contribution in [3.8, 4) is 0 Å². The fraction of sp³-hybridized carbons (Fsp3) is 0.597. The van der Waals surface area contributed by atoms with Crippen LogP contribution in [0.3, 0.4) is 0 Å². The molecule has 2 N–H and O–H groups in total. The van der Waals surface area contributed by atoms with Crippen LogP contribution in [0, 0.1) is 0 Å². The Kier molecular flexibility index (Phi) is 48.7. The first-order chi connectivity index (χ1) is 34.5. The average Bonchev–Trinajstić information content (AvgIpc) is 3.33. The molecule has 3 atom stereocenters. The average molecular weight is 1000 g/mol. The fourth-order valence-electron chi connectivity index (χ4n) is 6.96. The molecule has 1 amide bonds. The van der Waals surface area contributed by atoms with Crippen LogP contribution in [0.15, 0.2) is 146 Å². The number of unbranched alkanes of at least 4 members (excludes halogenated alkanes) is 13. The highest BCUT2D eigenvalue weighted by Gasteiger charge is 2.23. The summed E-state index contributed by atoms with van der Waals surface area (Å²) in [6.07, 6.45) is 79.3. The predicted molar refractivity (Wildman–Crippen MR) is 306 cm³/mol. The zero-order chi connectivity index (χ0) is 52.0. The van der Waals surface area contributed by atoms with Crippen molar-refractivity contribution in [3.05, 3.63) is 146 Å². The summed E-state index contributed by atoms with van der Waals surface area (Å²) in [6.45, 7) is 4.45. The number of carbonyl (C=O) groups excluding carboxylic acids is 1. The van der Waals surface area contributed by atoms with E-state index in [1.165, 1.54) is 38.5 Å². The second-order valence-corrected chi connectivity index (χ2v) is 20.6. The summed E-state index contributed by atoms with van der Waals surface area (Å²) in [6, 6.07) is -0.921. The molecule has 0 aromatic heterocycles. The Labute approximate surface area is 436 Å². The van der Waals surface area contributed by atoms with Crippen molar-refractivity contribution in [2.24, 2.45) is 0 Å². The number of nitrogens with zero attached hydrogens (tertiary/aromatic N) is 1. The number of hydrogen-bond donors (Lipinski definition) is 2. The molecule has 8 nitrogen and oxygen atoms in total. The van der Waals surface area contributed by atoms with E-state index in [4.69, 9.17) is 9.05 Å². The van der Waals surface area contributed by atoms with Gasteiger partial charge in [-0.15, -0.1) is 0 Å². The maximum absolute atomic E-state index is 12.9. The van der Waals surface area contributed by atoms with Crippen molar-refractivity contribution in [2.75, 3.05) is 40.9 Å². The van der Waals surface area contributed by atoms with Crippen LogP contribution in [-0.4, -0.2) is 68.5 Å². The lowest BCUT2D eigenvalue weighted by Gasteiger charge is -2.29. The van der Waals surface area contributed by atoms with Gasteiger partial charge in [-0.25, -0.2) is 0 Å². The smallest absolute Gasteiger partial charge is 0.268 e. The highest BCUT2D eigenvalue weighted by Crippen LogP contribution is 2.38. The third-order valence-electron chi connectivity index (χ3n) is 11.3. The van der Waals surface area contributed by atoms with Crippen LogP contribution in [0.4, 0.5) is 0 Å². The van der Waals surface area contributed by atoms with Crippen molar-refractivity contribution in [1.82, 2.24) is 5.32 Å². The van der Waals surface area contributed by atoms with Gasteiger partial charge in [-0.05, 0) is 109 Å². The number of aliphatic hydroxyl groups is 1. The summed E-state index contributed by atoms with van der Waals surface area (Å²) >= 11 is 0. The Balaban J connectivity index is 4.21. The van der Waals surface area contributed by atoms with E-state index in [1.807, 2.05) is 27.2 Å². The number of quaternary nitrogens is 1. The third-order valence-corrected chi connectivity index (χ3v) is 12.2. The van der Waals surface area contributed by atoms with Crippen LogP contribution in [0.1, 0.15) is 187 Å². The molecule has 0 fully saturated rings. The van der Waals surface area contributed by atoms with Crippen LogP contribution in [0.25, 0.3) is 0 Å². The number of phosphoric ester groups is 1. The summed E-state index contributed by atoms with van der Waals surface area (Å²) in [4.78, 5) is 25.4. The van der Waals surface area contributed by atoms with E-state index in [2.05, 4.69) is 153 Å². The molecular formula is C62H103N2O6P. The summed E-state index contributed by atoms with van der Waals surface area (Å²) < 4.78 is 23.2. The predicted octanol–water partition coefficient (Wildman–Crippen LogP) is 16.3. The number of allylic oxidation sites excluding steroid dienone is 23. The van der Waals surface area contributed by atoms with Gasteiger partial charge in [0.1, 0.15) is 13.2 Å². The summed E-state index contributed by atoms with van der Waals surface area (Å²) in [5.74, 6) is -0.230. The Morgan fingerprint density at radius 3 is 1.31 bits per heavy atom. The minimum atomic E-state index is -4.61. The van der Waals surface area contributed by atoms with Crippen LogP contribution in [0.2, 0.25) is 0 Å². The van der Waals surface area contributed by atoms with Crippen LogP contribution in [-0.2, 0) is 18.4 Å². The first-order valence-corrected chi connectivity index (χ1v) is 29.2. The van der Waals surface area contributed by atoms with Crippen molar-refractivity contribution < 1.29 is 32.9 Å². The summed E-state index contributed by atoms with van der Waals surface area (Å²) in [5.41, 5.74) is 0. The molecule has 0 spiro atoms. The van der Waals surface area contributed by atoms with Gasteiger partial charge in [0.2, 0.25) is 5.91 Å². The van der Waals surface area contributed by atoms with Gasteiger partial charge in [0.25, 0.3) is 7.82 Å². The Morgan fingerprint density at radius 1 is 0.507 bits per heavy atom. The number of rotatable bonds is 48. The number of phosphoric acid groups is 1. The molecule has 0 aliphatic rings. The Morgan fingerprint density at radius 2 is 0.873 bits per heavy atom. The summed E-state index contributed by atoms with van der Waals surface area (Å²) in [5, 5.41) is 13.8. The SMILES string of the molecule is CC/C=C\C/C=C\C/C=C\C/C=C\C/C=C\C/C=C\C/C=C\C/C=C\C/C=C\C/C=C\CCCCCCCCC(=O)NC(COP(=O)([O-])OCC[N+](C)(C)C)C(O)/C=C/CC/C=C/CCCCCCCC. The maximum atomic E-state index is 12.9. The Hall–Kier alpha value is -3.62. The highest BCUT2D eigenvalue weighted by molar-refractivity contribution is 7.45. The van der Waals surface area contributed by atoms with Crippen molar-refractivity contribution in [2.45, 2.75) is 199 Å². The molecule has 3 unspecified atom stereocenters. The largest absolute Gasteiger partial charge is 0.756 e. The van der Waals surface area contributed by atoms with E-state index in [9.17, 15) is 19.4 Å². The molecule has 0 rings (SSSR count). The van der Waals surface area contributed by atoms with Crippen LogP contribution < -0.4 is 10.2 Å². The van der Waals surface area contributed by atoms with E-state index in [-0.39, 0.29) is 12.5 Å². The van der Waals surface area contributed by atoms with Crippen molar-refractivity contribution in [3.63, 3.8) is 0 Å². The molecule has 402 valence electrons. The monoisotopic (exact) mass is 1000 g/mol.